The summed E-state index contributed by atoms with van der Waals surface area (Å²) in [6.07, 6.45) is 11.1. The number of unbranched alkanes of at least 4 members (excludes halogenated alkanes) is 5. The van der Waals surface area contributed by atoms with Crippen LogP contribution in [0.3, 0.4) is 0 Å². The Kier molecular flexibility index (Phi) is 10.3. The number of carbonyl (C=O) groups excluding carboxylic acids is 1. The average molecular weight is 241 g/mol. The molecule has 0 N–H and O–H groups in total. The minimum atomic E-state index is 0.265. The summed E-state index contributed by atoms with van der Waals surface area (Å²) in [5, 5.41) is 0. The fourth-order valence-corrected chi connectivity index (χ4v) is 2.28. The van der Waals surface area contributed by atoms with E-state index in [9.17, 15) is 4.79 Å². The van der Waals surface area contributed by atoms with Crippen molar-refractivity contribution in [1.82, 2.24) is 4.90 Å². The van der Waals surface area contributed by atoms with Gasteiger partial charge >= 0.3 is 0 Å². The van der Waals surface area contributed by atoms with E-state index in [4.69, 9.17) is 0 Å². The second kappa shape index (κ2) is 10.6. The lowest BCUT2D eigenvalue weighted by atomic mass is 9.95. The summed E-state index contributed by atoms with van der Waals surface area (Å²) in [6, 6.07) is 0. The summed E-state index contributed by atoms with van der Waals surface area (Å²) >= 11 is 0. The van der Waals surface area contributed by atoms with Crippen molar-refractivity contribution in [3.63, 3.8) is 0 Å². The summed E-state index contributed by atoms with van der Waals surface area (Å²) in [7, 11) is 3.73. The molecular formula is C15H31NO. The minimum absolute atomic E-state index is 0.265. The Balaban J connectivity index is 3.74. The number of amides is 1. The summed E-state index contributed by atoms with van der Waals surface area (Å²) in [5.41, 5.74) is 0. The van der Waals surface area contributed by atoms with Crippen molar-refractivity contribution in [2.24, 2.45) is 5.92 Å². The van der Waals surface area contributed by atoms with Crippen molar-refractivity contribution in [3.05, 3.63) is 0 Å². The molecule has 0 rings (SSSR count). The summed E-state index contributed by atoms with van der Waals surface area (Å²) in [6.45, 7) is 4.41. The Bertz CT molecular complexity index is 189. The standard InChI is InChI=1S/C15H31NO/c1-5-7-8-9-10-11-13-14(12-6-2)15(17)16(3)4/h14H,5-13H2,1-4H3. The second-order valence-corrected chi connectivity index (χ2v) is 5.27. The highest BCUT2D eigenvalue weighted by Crippen LogP contribution is 2.18. The van der Waals surface area contributed by atoms with E-state index in [-0.39, 0.29) is 5.92 Å². The van der Waals surface area contributed by atoms with Gasteiger partial charge in [0.1, 0.15) is 0 Å². The van der Waals surface area contributed by atoms with Crippen molar-refractivity contribution < 1.29 is 4.79 Å². The van der Waals surface area contributed by atoms with Gasteiger partial charge in [0.25, 0.3) is 0 Å². The normalized spacial score (nSPS) is 12.5. The Morgan fingerprint density at radius 1 is 0.882 bits per heavy atom. The zero-order chi connectivity index (χ0) is 13.1. The molecule has 2 heteroatoms. The molecule has 0 aromatic carbocycles. The van der Waals surface area contributed by atoms with Crippen LogP contribution in [0.2, 0.25) is 0 Å². The van der Waals surface area contributed by atoms with Crippen LogP contribution in [0.25, 0.3) is 0 Å². The monoisotopic (exact) mass is 241 g/mol. The fraction of sp³-hybridized carbons (Fsp3) is 0.933. The fourth-order valence-electron chi connectivity index (χ4n) is 2.28. The molecule has 0 aromatic heterocycles. The van der Waals surface area contributed by atoms with Gasteiger partial charge in [0.15, 0.2) is 0 Å². The maximum absolute atomic E-state index is 11.9. The van der Waals surface area contributed by atoms with Gasteiger partial charge in [0.2, 0.25) is 5.91 Å². The Labute approximate surface area is 108 Å². The third-order valence-electron chi connectivity index (χ3n) is 3.33. The van der Waals surface area contributed by atoms with Gasteiger partial charge in [-0.3, -0.25) is 4.79 Å². The molecular weight excluding hydrogens is 210 g/mol. The smallest absolute Gasteiger partial charge is 0.225 e. The third-order valence-corrected chi connectivity index (χ3v) is 3.33. The van der Waals surface area contributed by atoms with Crippen LogP contribution >= 0.6 is 0 Å². The zero-order valence-electron chi connectivity index (χ0n) is 12.3. The lowest BCUT2D eigenvalue weighted by Gasteiger charge is -2.19. The molecule has 0 aliphatic rings. The quantitative estimate of drug-likeness (QED) is 0.524. The molecule has 1 amide bonds. The molecule has 1 unspecified atom stereocenters. The van der Waals surface area contributed by atoms with Crippen LogP contribution in [0.15, 0.2) is 0 Å². The van der Waals surface area contributed by atoms with Gasteiger partial charge in [0.05, 0.1) is 0 Å². The van der Waals surface area contributed by atoms with E-state index in [0.29, 0.717) is 5.91 Å². The van der Waals surface area contributed by atoms with Gasteiger partial charge in [-0.05, 0) is 12.8 Å². The SMILES string of the molecule is CCCCCCCCC(CCC)C(=O)N(C)C. The van der Waals surface area contributed by atoms with E-state index in [1.165, 1.54) is 38.5 Å². The van der Waals surface area contributed by atoms with Crippen molar-refractivity contribution in [2.45, 2.75) is 71.6 Å². The number of carbonyl (C=O) groups is 1. The van der Waals surface area contributed by atoms with Crippen molar-refractivity contribution >= 4 is 5.91 Å². The molecule has 2 nitrogen and oxygen atoms in total. The average Bonchev–Trinajstić information content (AvgIpc) is 2.31. The van der Waals surface area contributed by atoms with Crippen LogP contribution in [0.4, 0.5) is 0 Å². The summed E-state index contributed by atoms with van der Waals surface area (Å²) < 4.78 is 0. The first-order valence-electron chi connectivity index (χ1n) is 7.34. The molecule has 102 valence electrons. The molecule has 0 aliphatic heterocycles. The third kappa shape index (κ3) is 8.23. The second-order valence-electron chi connectivity index (χ2n) is 5.27. The number of rotatable bonds is 10. The maximum Gasteiger partial charge on any atom is 0.225 e. The van der Waals surface area contributed by atoms with Gasteiger partial charge in [-0.2, -0.15) is 0 Å². The Morgan fingerprint density at radius 3 is 2.00 bits per heavy atom. The predicted octanol–water partition coefficient (Wildman–Crippen LogP) is 4.24. The zero-order valence-corrected chi connectivity index (χ0v) is 12.3. The van der Waals surface area contributed by atoms with Crippen LogP contribution in [0.1, 0.15) is 71.6 Å². The van der Waals surface area contributed by atoms with Crippen molar-refractivity contribution in [3.8, 4) is 0 Å². The first-order chi connectivity index (χ1) is 8.13. The van der Waals surface area contributed by atoms with Crippen LogP contribution in [0, 0.1) is 5.92 Å². The summed E-state index contributed by atoms with van der Waals surface area (Å²) in [4.78, 5) is 13.7. The van der Waals surface area contributed by atoms with Gasteiger partial charge in [0, 0.05) is 20.0 Å². The number of hydrogen-bond donors (Lipinski definition) is 0. The molecule has 1 atom stereocenters. The first kappa shape index (κ1) is 16.5. The molecule has 0 fully saturated rings. The minimum Gasteiger partial charge on any atom is -0.349 e. The highest BCUT2D eigenvalue weighted by molar-refractivity contribution is 5.78. The summed E-state index contributed by atoms with van der Waals surface area (Å²) in [5.74, 6) is 0.585. The van der Waals surface area contributed by atoms with Gasteiger partial charge in [-0.15, -0.1) is 0 Å². The van der Waals surface area contributed by atoms with Crippen molar-refractivity contribution in [2.75, 3.05) is 14.1 Å². The molecule has 0 saturated carbocycles. The first-order valence-corrected chi connectivity index (χ1v) is 7.34. The molecule has 0 spiro atoms. The molecule has 0 aromatic rings. The highest BCUT2D eigenvalue weighted by Gasteiger charge is 2.18. The maximum atomic E-state index is 11.9. The van der Waals surface area contributed by atoms with Crippen LogP contribution in [-0.4, -0.2) is 24.9 Å². The van der Waals surface area contributed by atoms with E-state index >= 15 is 0 Å². The van der Waals surface area contributed by atoms with Crippen LogP contribution in [-0.2, 0) is 4.79 Å². The van der Waals surface area contributed by atoms with E-state index in [1.807, 2.05) is 14.1 Å². The highest BCUT2D eigenvalue weighted by atomic mass is 16.2. The number of hydrogen-bond acceptors (Lipinski definition) is 1. The van der Waals surface area contributed by atoms with Gasteiger partial charge in [-0.1, -0.05) is 58.8 Å². The molecule has 0 radical (unpaired) electrons. The molecule has 0 bridgehead atoms. The van der Waals surface area contributed by atoms with Gasteiger partial charge < -0.3 is 4.90 Å². The van der Waals surface area contributed by atoms with Crippen molar-refractivity contribution in [1.29, 1.82) is 0 Å². The number of nitrogens with zero attached hydrogens (tertiary/aromatic N) is 1. The van der Waals surface area contributed by atoms with E-state index < -0.39 is 0 Å². The molecule has 0 heterocycles. The van der Waals surface area contributed by atoms with E-state index in [1.54, 1.807) is 4.90 Å². The lowest BCUT2D eigenvalue weighted by Crippen LogP contribution is -2.29. The largest absolute Gasteiger partial charge is 0.349 e. The molecule has 0 saturated heterocycles. The Hall–Kier alpha value is -0.530. The van der Waals surface area contributed by atoms with Crippen LogP contribution in [0.5, 0.6) is 0 Å². The molecule has 0 aliphatic carbocycles. The van der Waals surface area contributed by atoms with E-state index in [0.717, 1.165) is 19.3 Å². The predicted molar refractivity (Wildman–Crippen MR) is 75.1 cm³/mol. The van der Waals surface area contributed by atoms with Gasteiger partial charge in [-0.25, -0.2) is 0 Å². The van der Waals surface area contributed by atoms with E-state index in [2.05, 4.69) is 13.8 Å². The topological polar surface area (TPSA) is 20.3 Å². The molecule has 17 heavy (non-hydrogen) atoms. The lowest BCUT2D eigenvalue weighted by molar-refractivity contribution is -0.133. The van der Waals surface area contributed by atoms with Crippen LogP contribution < -0.4 is 0 Å². The Morgan fingerprint density at radius 2 is 1.47 bits per heavy atom.